The third kappa shape index (κ3) is 4.52. The summed E-state index contributed by atoms with van der Waals surface area (Å²) in [6, 6.07) is 9.95. The molecule has 8 heteroatoms. The van der Waals surface area contributed by atoms with Gasteiger partial charge in [0, 0.05) is 6.54 Å². The van der Waals surface area contributed by atoms with E-state index in [1.165, 1.54) is 7.11 Å². The van der Waals surface area contributed by atoms with Crippen LogP contribution in [0, 0.1) is 0 Å². The van der Waals surface area contributed by atoms with Crippen molar-refractivity contribution in [2.24, 2.45) is 0 Å². The van der Waals surface area contributed by atoms with Crippen LogP contribution in [0.3, 0.4) is 0 Å². The number of methoxy groups -OCH3 is 4. The Morgan fingerprint density at radius 1 is 1.00 bits per heavy atom. The number of ether oxygens (including phenoxy) is 4. The number of benzene rings is 2. The number of carbonyl (C=O) groups is 2. The molecule has 0 aromatic heterocycles. The highest BCUT2D eigenvalue weighted by Crippen LogP contribution is 2.41. The fraction of sp³-hybridized carbons (Fsp3) is 0.391. The molecule has 0 spiro atoms. The van der Waals surface area contributed by atoms with E-state index in [4.69, 9.17) is 18.9 Å². The van der Waals surface area contributed by atoms with Gasteiger partial charge in [-0.05, 0) is 54.3 Å². The lowest BCUT2D eigenvalue weighted by molar-refractivity contribution is -0.142. The predicted molar refractivity (Wildman–Crippen MR) is 115 cm³/mol. The Hall–Kier alpha value is -3.42. The van der Waals surface area contributed by atoms with Gasteiger partial charge < -0.3 is 29.2 Å². The number of nitrogens with zero attached hydrogens (tertiary/aromatic N) is 1. The lowest BCUT2D eigenvalue weighted by Gasteiger charge is -2.38. The third-order valence-corrected chi connectivity index (χ3v) is 5.46. The van der Waals surface area contributed by atoms with E-state index in [-0.39, 0.29) is 12.1 Å². The molecule has 31 heavy (non-hydrogen) atoms. The number of carbonyl (C=O) groups excluding carboxylic acids is 2. The molecule has 0 aliphatic carbocycles. The van der Waals surface area contributed by atoms with Gasteiger partial charge in [-0.3, -0.25) is 0 Å². The average molecular weight is 428 g/mol. The number of hydrogen-bond donors (Lipinski definition) is 1. The van der Waals surface area contributed by atoms with Crippen LogP contribution in [0.4, 0.5) is 4.79 Å². The zero-order valence-electron chi connectivity index (χ0n) is 18.4. The maximum absolute atomic E-state index is 13.1. The zero-order chi connectivity index (χ0) is 22.5. The van der Waals surface area contributed by atoms with E-state index >= 15 is 0 Å². The minimum Gasteiger partial charge on any atom is -0.497 e. The molecule has 2 aromatic rings. The van der Waals surface area contributed by atoms with Crippen LogP contribution in [0.2, 0.25) is 0 Å². The maximum Gasteiger partial charge on any atom is 0.328 e. The lowest BCUT2D eigenvalue weighted by Crippen LogP contribution is -2.50. The van der Waals surface area contributed by atoms with Crippen LogP contribution in [0.5, 0.6) is 17.2 Å². The summed E-state index contributed by atoms with van der Waals surface area (Å²) >= 11 is 0. The van der Waals surface area contributed by atoms with Crippen molar-refractivity contribution >= 4 is 12.0 Å². The number of nitrogens with one attached hydrogen (secondary N) is 1. The monoisotopic (exact) mass is 428 g/mol. The highest BCUT2D eigenvalue weighted by atomic mass is 16.5. The maximum atomic E-state index is 13.1. The van der Waals surface area contributed by atoms with Gasteiger partial charge >= 0.3 is 12.0 Å². The van der Waals surface area contributed by atoms with Gasteiger partial charge in [-0.25, -0.2) is 9.59 Å². The lowest BCUT2D eigenvalue weighted by atomic mass is 9.87. The molecule has 0 saturated heterocycles. The van der Waals surface area contributed by atoms with Crippen LogP contribution < -0.4 is 19.5 Å². The Morgan fingerprint density at radius 3 is 2.23 bits per heavy atom. The fourth-order valence-corrected chi connectivity index (χ4v) is 3.81. The Balaban J connectivity index is 2.05. The van der Waals surface area contributed by atoms with E-state index < -0.39 is 12.0 Å². The normalized spacial score (nSPS) is 16.0. The first-order valence-electron chi connectivity index (χ1n) is 9.97. The topological polar surface area (TPSA) is 86.3 Å². The number of esters is 1. The second-order valence-corrected chi connectivity index (χ2v) is 7.22. The Morgan fingerprint density at radius 2 is 1.65 bits per heavy atom. The van der Waals surface area contributed by atoms with Gasteiger partial charge in [0.15, 0.2) is 11.5 Å². The van der Waals surface area contributed by atoms with Gasteiger partial charge in [0.05, 0.1) is 34.5 Å². The van der Waals surface area contributed by atoms with Gasteiger partial charge in [0.25, 0.3) is 0 Å². The van der Waals surface area contributed by atoms with E-state index in [2.05, 4.69) is 5.32 Å². The van der Waals surface area contributed by atoms with E-state index in [9.17, 15) is 9.59 Å². The van der Waals surface area contributed by atoms with Crippen molar-refractivity contribution in [1.82, 2.24) is 10.2 Å². The second-order valence-electron chi connectivity index (χ2n) is 7.22. The predicted octanol–water partition coefficient (Wildman–Crippen LogP) is 2.93. The average Bonchev–Trinajstić information content (AvgIpc) is 2.81. The van der Waals surface area contributed by atoms with Gasteiger partial charge in [0.1, 0.15) is 11.8 Å². The van der Waals surface area contributed by atoms with Crippen LogP contribution in [0.15, 0.2) is 36.4 Å². The summed E-state index contributed by atoms with van der Waals surface area (Å²) in [5.41, 5.74) is 2.92. The van der Waals surface area contributed by atoms with Crippen molar-refractivity contribution in [3.05, 3.63) is 53.1 Å². The Bertz CT molecular complexity index is 944. The summed E-state index contributed by atoms with van der Waals surface area (Å²) in [5, 5.41) is 2.74. The number of hydrogen-bond acceptors (Lipinski definition) is 6. The van der Waals surface area contributed by atoms with E-state index in [0.717, 1.165) is 22.4 Å². The smallest absolute Gasteiger partial charge is 0.328 e. The molecule has 1 aliphatic heterocycles. The van der Waals surface area contributed by atoms with Gasteiger partial charge in [-0.2, -0.15) is 0 Å². The van der Waals surface area contributed by atoms with Crippen molar-refractivity contribution in [2.45, 2.75) is 25.4 Å². The second kappa shape index (κ2) is 9.59. The molecule has 3 rings (SSSR count). The van der Waals surface area contributed by atoms with Crippen molar-refractivity contribution in [2.75, 3.05) is 35.0 Å². The highest BCUT2D eigenvalue weighted by Gasteiger charge is 2.34. The van der Waals surface area contributed by atoms with Crippen molar-refractivity contribution in [3.63, 3.8) is 0 Å². The summed E-state index contributed by atoms with van der Waals surface area (Å²) in [6.07, 6.45) is 0.641. The minimum atomic E-state index is -0.763. The molecule has 0 saturated carbocycles. The first kappa shape index (κ1) is 22.3. The molecular formula is C23H28N2O6. The van der Waals surface area contributed by atoms with Crippen molar-refractivity contribution < 1.29 is 28.5 Å². The molecule has 1 aliphatic rings. The zero-order valence-corrected chi connectivity index (χ0v) is 18.4. The quantitative estimate of drug-likeness (QED) is 0.712. The molecular weight excluding hydrogens is 400 g/mol. The summed E-state index contributed by atoms with van der Waals surface area (Å²) in [5.74, 6) is 1.46. The summed E-state index contributed by atoms with van der Waals surface area (Å²) in [7, 11) is 6.08. The van der Waals surface area contributed by atoms with Crippen LogP contribution >= 0.6 is 0 Å². The van der Waals surface area contributed by atoms with Crippen LogP contribution in [-0.2, 0) is 16.0 Å². The molecule has 0 bridgehead atoms. The molecule has 1 N–H and O–H groups in total. The fourth-order valence-electron chi connectivity index (χ4n) is 3.81. The van der Waals surface area contributed by atoms with Gasteiger partial charge in [0.2, 0.25) is 0 Å². The number of fused-ring (bicyclic) bond motifs is 1. The van der Waals surface area contributed by atoms with Gasteiger partial charge in [-0.1, -0.05) is 12.1 Å². The van der Waals surface area contributed by atoms with Crippen LogP contribution in [0.25, 0.3) is 0 Å². The number of rotatable bonds is 6. The summed E-state index contributed by atoms with van der Waals surface area (Å²) in [6.45, 7) is 2.07. The highest BCUT2D eigenvalue weighted by molar-refractivity contribution is 5.84. The molecule has 0 unspecified atom stereocenters. The Labute approximate surface area is 182 Å². The van der Waals surface area contributed by atoms with Crippen molar-refractivity contribution in [3.8, 4) is 17.2 Å². The first-order chi connectivity index (χ1) is 14.9. The summed E-state index contributed by atoms with van der Waals surface area (Å²) in [4.78, 5) is 26.7. The molecule has 2 aromatic carbocycles. The van der Waals surface area contributed by atoms with E-state index in [0.29, 0.717) is 24.5 Å². The number of amides is 2. The molecule has 2 amide bonds. The van der Waals surface area contributed by atoms with Crippen LogP contribution in [-0.4, -0.2) is 57.9 Å². The largest absolute Gasteiger partial charge is 0.497 e. The SMILES string of the molecule is COC(=O)[C@H](C)NC(=O)N1CCc2cc(OC)c(OC)cc2[C@H]1c1ccc(OC)cc1. The molecule has 1 heterocycles. The summed E-state index contributed by atoms with van der Waals surface area (Å²) < 4.78 is 21.0. The molecule has 8 nitrogen and oxygen atoms in total. The van der Waals surface area contributed by atoms with Gasteiger partial charge in [-0.15, -0.1) is 0 Å². The van der Waals surface area contributed by atoms with Crippen molar-refractivity contribution in [1.29, 1.82) is 0 Å². The standard InChI is InChI=1S/C23H28N2O6/c1-14(22(26)31-5)24-23(27)25-11-10-16-12-19(29-3)20(30-4)13-18(16)21(25)15-6-8-17(28-2)9-7-15/h6-9,12-14,21H,10-11H2,1-5H3,(H,24,27)/t14-,21+/m0/s1. The number of urea groups is 1. The Kier molecular flexibility index (Phi) is 6.89. The van der Waals surface area contributed by atoms with E-state index in [1.54, 1.807) is 33.2 Å². The third-order valence-electron chi connectivity index (χ3n) is 5.46. The first-order valence-corrected chi connectivity index (χ1v) is 9.97. The minimum absolute atomic E-state index is 0.348. The molecule has 0 fully saturated rings. The molecule has 166 valence electrons. The van der Waals surface area contributed by atoms with E-state index in [1.807, 2.05) is 36.4 Å². The molecule has 2 atom stereocenters. The van der Waals surface area contributed by atoms with Crippen LogP contribution in [0.1, 0.15) is 29.7 Å². The molecule has 0 radical (unpaired) electrons.